The lowest BCUT2D eigenvalue weighted by molar-refractivity contribution is 0.0792. The molecule has 0 radical (unpaired) electrons. The Bertz CT molecular complexity index is 476. The number of hydrogen-bond acceptors (Lipinski definition) is 4. The number of amides is 1. The van der Waals surface area contributed by atoms with Gasteiger partial charge >= 0.3 is 0 Å². The molecular weight excluding hydrogens is 224 g/mol. The summed E-state index contributed by atoms with van der Waals surface area (Å²) >= 11 is 1.56. The first-order chi connectivity index (χ1) is 7.72. The van der Waals surface area contributed by atoms with Crippen LogP contribution in [-0.4, -0.2) is 29.6 Å². The maximum Gasteiger partial charge on any atom is 0.275 e. The summed E-state index contributed by atoms with van der Waals surface area (Å²) in [5.41, 5.74) is 0.354. The molecule has 0 aliphatic heterocycles. The van der Waals surface area contributed by atoms with Crippen LogP contribution in [0.2, 0.25) is 0 Å². The van der Waals surface area contributed by atoms with Crippen LogP contribution in [0.5, 0.6) is 0 Å². The highest BCUT2D eigenvalue weighted by atomic mass is 32.1. The molecule has 0 aliphatic carbocycles. The van der Waals surface area contributed by atoms with Crippen molar-refractivity contribution in [2.75, 3.05) is 13.6 Å². The van der Waals surface area contributed by atoms with Crippen molar-refractivity contribution in [3.05, 3.63) is 29.3 Å². The minimum absolute atomic E-state index is 0.117. The molecule has 0 fully saturated rings. The third-order valence-corrected chi connectivity index (χ3v) is 3.20. The van der Waals surface area contributed by atoms with Gasteiger partial charge in [-0.15, -0.1) is 11.3 Å². The molecule has 0 atom stereocenters. The van der Waals surface area contributed by atoms with Gasteiger partial charge in [-0.05, 0) is 18.4 Å². The highest BCUT2D eigenvalue weighted by Gasteiger charge is 2.16. The normalized spacial score (nSPS) is 10.4. The molecule has 0 aliphatic rings. The van der Waals surface area contributed by atoms with E-state index in [1.54, 1.807) is 29.4 Å². The molecule has 0 unspecified atom stereocenters. The summed E-state index contributed by atoms with van der Waals surface area (Å²) in [6.45, 7) is 2.57. The number of rotatable bonds is 3. The van der Waals surface area contributed by atoms with Crippen molar-refractivity contribution in [3.63, 3.8) is 0 Å². The van der Waals surface area contributed by atoms with E-state index in [1.807, 2.05) is 24.4 Å². The third-order valence-electron chi connectivity index (χ3n) is 2.31. The average Bonchev–Trinajstić information content (AvgIpc) is 2.96. The first-order valence-electron chi connectivity index (χ1n) is 4.98. The zero-order valence-corrected chi connectivity index (χ0v) is 9.95. The summed E-state index contributed by atoms with van der Waals surface area (Å²) in [6, 6.07) is 5.55. The van der Waals surface area contributed by atoms with Crippen LogP contribution in [0.25, 0.3) is 10.6 Å². The van der Waals surface area contributed by atoms with E-state index in [1.165, 1.54) is 0 Å². The number of carbonyl (C=O) groups excluding carboxylic acids is 1. The van der Waals surface area contributed by atoms with E-state index in [2.05, 4.69) is 5.16 Å². The largest absolute Gasteiger partial charge is 0.355 e. The van der Waals surface area contributed by atoms with Crippen LogP contribution in [0.4, 0.5) is 0 Å². The predicted octanol–water partition coefficient (Wildman–Crippen LogP) is 2.50. The van der Waals surface area contributed by atoms with Crippen LogP contribution in [0, 0.1) is 0 Å². The number of carbonyl (C=O) groups is 1. The summed E-state index contributed by atoms with van der Waals surface area (Å²) in [5.74, 6) is 0.525. The molecule has 5 heteroatoms. The molecule has 0 spiro atoms. The second-order valence-corrected chi connectivity index (χ2v) is 4.32. The molecule has 1 amide bonds. The van der Waals surface area contributed by atoms with Crippen LogP contribution in [0.15, 0.2) is 28.1 Å². The van der Waals surface area contributed by atoms with Gasteiger partial charge in [0.05, 0.1) is 4.88 Å². The van der Waals surface area contributed by atoms with Crippen molar-refractivity contribution in [1.82, 2.24) is 10.1 Å². The van der Waals surface area contributed by atoms with E-state index < -0.39 is 0 Å². The van der Waals surface area contributed by atoms with Gasteiger partial charge in [0.1, 0.15) is 0 Å². The van der Waals surface area contributed by atoms with Gasteiger partial charge in [0, 0.05) is 19.7 Å². The van der Waals surface area contributed by atoms with Gasteiger partial charge in [-0.2, -0.15) is 0 Å². The van der Waals surface area contributed by atoms with Gasteiger partial charge in [0.25, 0.3) is 5.91 Å². The van der Waals surface area contributed by atoms with Gasteiger partial charge in [0.2, 0.25) is 0 Å². The lowest BCUT2D eigenvalue weighted by atomic mass is 10.3. The minimum Gasteiger partial charge on any atom is -0.355 e. The van der Waals surface area contributed by atoms with Crippen molar-refractivity contribution in [2.24, 2.45) is 0 Å². The summed E-state index contributed by atoms with van der Waals surface area (Å²) in [6.07, 6.45) is 0. The van der Waals surface area contributed by atoms with Crippen molar-refractivity contribution >= 4 is 17.2 Å². The summed E-state index contributed by atoms with van der Waals surface area (Å²) in [5, 5.41) is 5.74. The SMILES string of the molecule is CCN(C)C(=O)c1cc(-c2cccs2)on1. The fourth-order valence-corrected chi connectivity index (χ4v) is 1.92. The van der Waals surface area contributed by atoms with Crippen LogP contribution >= 0.6 is 11.3 Å². The lowest BCUT2D eigenvalue weighted by Gasteiger charge is -2.11. The van der Waals surface area contributed by atoms with E-state index in [-0.39, 0.29) is 5.91 Å². The number of hydrogen-bond donors (Lipinski definition) is 0. The molecule has 2 rings (SSSR count). The predicted molar refractivity (Wildman–Crippen MR) is 62.5 cm³/mol. The van der Waals surface area contributed by atoms with E-state index >= 15 is 0 Å². The van der Waals surface area contributed by atoms with E-state index in [0.717, 1.165) is 4.88 Å². The van der Waals surface area contributed by atoms with Crippen molar-refractivity contribution in [1.29, 1.82) is 0 Å². The maximum absolute atomic E-state index is 11.8. The van der Waals surface area contributed by atoms with Crippen LogP contribution in [-0.2, 0) is 0 Å². The standard InChI is InChI=1S/C11H12N2O2S/c1-3-13(2)11(14)8-7-9(15-12-8)10-5-4-6-16-10/h4-7H,3H2,1-2H3. The summed E-state index contributed by atoms with van der Waals surface area (Å²) < 4.78 is 5.14. The zero-order valence-electron chi connectivity index (χ0n) is 9.14. The Balaban J connectivity index is 2.23. The Labute approximate surface area is 97.5 Å². The van der Waals surface area contributed by atoms with Gasteiger partial charge in [-0.25, -0.2) is 0 Å². The summed E-state index contributed by atoms with van der Waals surface area (Å²) in [4.78, 5) is 14.3. The Kier molecular flexibility index (Phi) is 3.05. The molecule has 2 aromatic heterocycles. The van der Waals surface area contributed by atoms with Gasteiger partial charge in [-0.3, -0.25) is 4.79 Å². The summed E-state index contributed by atoms with van der Waals surface area (Å²) in [7, 11) is 1.74. The Morgan fingerprint density at radius 1 is 1.62 bits per heavy atom. The van der Waals surface area contributed by atoms with Gasteiger partial charge < -0.3 is 9.42 Å². The third kappa shape index (κ3) is 1.99. The molecule has 0 aromatic carbocycles. The highest BCUT2D eigenvalue weighted by Crippen LogP contribution is 2.25. The molecule has 4 nitrogen and oxygen atoms in total. The van der Waals surface area contributed by atoms with Crippen LogP contribution < -0.4 is 0 Å². The van der Waals surface area contributed by atoms with Crippen molar-refractivity contribution < 1.29 is 9.32 Å². The fourth-order valence-electron chi connectivity index (χ4n) is 1.25. The molecule has 2 aromatic rings. The minimum atomic E-state index is -0.117. The average molecular weight is 236 g/mol. The lowest BCUT2D eigenvalue weighted by Crippen LogP contribution is -2.26. The van der Waals surface area contributed by atoms with Crippen molar-refractivity contribution in [3.8, 4) is 10.6 Å². The Morgan fingerprint density at radius 3 is 3.06 bits per heavy atom. The van der Waals surface area contributed by atoms with E-state index in [4.69, 9.17) is 4.52 Å². The molecule has 0 bridgehead atoms. The monoisotopic (exact) mass is 236 g/mol. The maximum atomic E-state index is 11.8. The first-order valence-corrected chi connectivity index (χ1v) is 5.86. The van der Waals surface area contributed by atoms with Crippen LogP contribution in [0.3, 0.4) is 0 Å². The van der Waals surface area contributed by atoms with E-state index in [9.17, 15) is 4.79 Å². The molecule has 2 heterocycles. The Hall–Kier alpha value is -1.62. The molecule has 0 saturated heterocycles. The van der Waals surface area contributed by atoms with Crippen molar-refractivity contribution in [2.45, 2.75) is 6.92 Å². The number of thiophene rings is 1. The topological polar surface area (TPSA) is 46.3 Å². The zero-order chi connectivity index (χ0) is 11.5. The van der Waals surface area contributed by atoms with Crippen LogP contribution in [0.1, 0.15) is 17.4 Å². The quantitative estimate of drug-likeness (QED) is 0.822. The first kappa shape index (κ1) is 10.9. The van der Waals surface area contributed by atoms with Gasteiger partial charge in [0.15, 0.2) is 11.5 Å². The van der Waals surface area contributed by atoms with Gasteiger partial charge in [-0.1, -0.05) is 11.2 Å². The molecule has 0 N–H and O–H groups in total. The molecular formula is C11H12N2O2S. The van der Waals surface area contributed by atoms with E-state index in [0.29, 0.717) is 18.0 Å². The molecule has 0 saturated carbocycles. The second-order valence-electron chi connectivity index (χ2n) is 3.37. The number of nitrogens with zero attached hydrogens (tertiary/aromatic N) is 2. The second kappa shape index (κ2) is 4.49. The molecule has 16 heavy (non-hydrogen) atoms. The fraction of sp³-hybridized carbons (Fsp3) is 0.273. The number of aromatic nitrogens is 1. The Morgan fingerprint density at radius 2 is 2.44 bits per heavy atom. The molecule has 84 valence electrons. The highest BCUT2D eigenvalue weighted by molar-refractivity contribution is 7.13. The smallest absolute Gasteiger partial charge is 0.275 e.